The third-order valence-electron chi connectivity index (χ3n) is 3.38. The second-order valence-electron chi connectivity index (χ2n) is 5.08. The van der Waals surface area contributed by atoms with Gasteiger partial charge in [-0.15, -0.1) is 28.3 Å². The van der Waals surface area contributed by atoms with Crippen LogP contribution in [0.1, 0.15) is 5.56 Å². The molecule has 5 nitrogen and oxygen atoms in total. The van der Waals surface area contributed by atoms with E-state index in [2.05, 4.69) is 15.3 Å². The molecule has 0 radical (unpaired) electrons. The van der Waals surface area contributed by atoms with Gasteiger partial charge in [-0.3, -0.25) is 0 Å². The molecule has 0 atom stereocenters. The van der Waals surface area contributed by atoms with Crippen molar-refractivity contribution < 1.29 is 4.74 Å². The average Bonchev–Trinajstić information content (AvgIpc) is 3.09. The number of methoxy groups -OCH3 is 1. The molecule has 3 rings (SSSR count). The number of rotatable bonds is 5. The molecule has 0 aliphatic rings. The monoisotopic (exact) mass is 418 g/mol. The van der Waals surface area contributed by atoms with Crippen LogP contribution in [0.2, 0.25) is 0 Å². The van der Waals surface area contributed by atoms with E-state index in [0.29, 0.717) is 17.6 Å². The maximum absolute atomic E-state index is 5.93. The van der Waals surface area contributed by atoms with Gasteiger partial charge in [0.25, 0.3) is 0 Å². The van der Waals surface area contributed by atoms with E-state index < -0.39 is 0 Å². The minimum atomic E-state index is 0. The second kappa shape index (κ2) is 9.19. The van der Waals surface area contributed by atoms with Crippen molar-refractivity contribution in [2.45, 2.75) is 6.54 Å². The standard InChI is InChI=1S/C18H18N4OS.BrH/c1-23-15-9-5-8-14(10-15)16-12-24-18(21-16)22-17(19)20-11-13-6-3-2-4-7-13;/h2-10,12H,11H2,1H3,(H3,19,20,21,22);1H. The molecule has 1 heterocycles. The van der Waals surface area contributed by atoms with E-state index in [0.717, 1.165) is 22.6 Å². The number of nitrogens with one attached hydrogen (secondary N) is 1. The van der Waals surface area contributed by atoms with Gasteiger partial charge < -0.3 is 15.8 Å². The fourth-order valence-electron chi connectivity index (χ4n) is 2.16. The number of aromatic nitrogens is 1. The predicted molar refractivity (Wildman–Crippen MR) is 110 cm³/mol. The number of ether oxygens (including phenoxy) is 1. The maximum atomic E-state index is 5.93. The third-order valence-corrected chi connectivity index (χ3v) is 4.14. The van der Waals surface area contributed by atoms with E-state index in [1.807, 2.05) is 60.0 Å². The predicted octanol–water partition coefficient (Wildman–Crippen LogP) is 4.32. The lowest BCUT2D eigenvalue weighted by atomic mass is 10.2. The summed E-state index contributed by atoms with van der Waals surface area (Å²) >= 11 is 1.48. The average molecular weight is 419 g/mol. The molecule has 3 N–H and O–H groups in total. The molecule has 0 saturated heterocycles. The van der Waals surface area contributed by atoms with Gasteiger partial charge in [0.1, 0.15) is 5.75 Å². The number of benzene rings is 2. The van der Waals surface area contributed by atoms with E-state index in [4.69, 9.17) is 10.5 Å². The smallest absolute Gasteiger partial charge is 0.195 e. The SMILES string of the molecule is Br.COc1cccc(-c2csc(NC(N)=NCc3ccccc3)n2)c1. The fourth-order valence-corrected chi connectivity index (χ4v) is 2.88. The van der Waals surface area contributed by atoms with Crippen LogP contribution in [-0.4, -0.2) is 18.1 Å². The Morgan fingerprint density at radius 1 is 1.20 bits per heavy atom. The maximum Gasteiger partial charge on any atom is 0.195 e. The van der Waals surface area contributed by atoms with Crippen LogP contribution in [0.25, 0.3) is 11.3 Å². The van der Waals surface area contributed by atoms with Gasteiger partial charge in [0.2, 0.25) is 0 Å². The van der Waals surface area contributed by atoms with Gasteiger partial charge in [-0.05, 0) is 17.7 Å². The zero-order chi connectivity index (χ0) is 16.8. The van der Waals surface area contributed by atoms with Crippen LogP contribution in [0, 0.1) is 0 Å². The van der Waals surface area contributed by atoms with Gasteiger partial charge in [0.05, 0.1) is 19.3 Å². The Balaban J connectivity index is 0.00000225. The second-order valence-corrected chi connectivity index (χ2v) is 5.94. The van der Waals surface area contributed by atoms with Crippen molar-refractivity contribution in [1.29, 1.82) is 0 Å². The van der Waals surface area contributed by atoms with Crippen molar-refractivity contribution in [3.8, 4) is 17.0 Å². The quantitative estimate of drug-likeness (QED) is 0.477. The van der Waals surface area contributed by atoms with Crippen LogP contribution >= 0.6 is 28.3 Å². The molecule has 0 amide bonds. The molecule has 0 aliphatic heterocycles. The van der Waals surface area contributed by atoms with Gasteiger partial charge >= 0.3 is 0 Å². The first kappa shape index (κ1) is 19.0. The molecule has 0 unspecified atom stereocenters. The highest BCUT2D eigenvalue weighted by molar-refractivity contribution is 8.93. The first-order chi connectivity index (χ1) is 11.7. The highest BCUT2D eigenvalue weighted by Crippen LogP contribution is 2.27. The summed E-state index contributed by atoms with van der Waals surface area (Å²) in [4.78, 5) is 8.87. The highest BCUT2D eigenvalue weighted by Gasteiger charge is 2.06. The van der Waals surface area contributed by atoms with Gasteiger partial charge in [-0.1, -0.05) is 42.5 Å². The summed E-state index contributed by atoms with van der Waals surface area (Å²) in [5, 5.41) is 5.72. The van der Waals surface area contributed by atoms with Crippen LogP contribution in [0.3, 0.4) is 0 Å². The molecular formula is C18H19BrN4OS. The number of thiazole rings is 1. The van der Waals surface area contributed by atoms with Crippen LogP contribution in [0.5, 0.6) is 5.75 Å². The first-order valence-electron chi connectivity index (χ1n) is 7.45. The molecule has 0 fully saturated rings. The number of nitrogens with zero attached hydrogens (tertiary/aromatic N) is 2. The summed E-state index contributed by atoms with van der Waals surface area (Å²) < 4.78 is 5.24. The van der Waals surface area contributed by atoms with Gasteiger partial charge in [-0.2, -0.15) is 0 Å². The minimum Gasteiger partial charge on any atom is -0.497 e. The molecule has 7 heteroatoms. The molecule has 1 aromatic heterocycles. The number of hydrogen-bond acceptors (Lipinski definition) is 4. The Hall–Kier alpha value is -2.38. The molecule has 0 aliphatic carbocycles. The highest BCUT2D eigenvalue weighted by atomic mass is 79.9. The summed E-state index contributed by atoms with van der Waals surface area (Å²) in [6, 6.07) is 17.8. The summed E-state index contributed by atoms with van der Waals surface area (Å²) in [5.41, 5.74) is 8.91. The molecule has 25 heavy (non-hydrogen) atoms. The number of halogens is 1. The van der Waals surface area contributed by atoms with Crippen molar-refractivity contribution >= 4 is 39.4 Å². The van der Waals surface area contributed by atoms with Crippen LogP contribution in [0.4, 0.5) is 5.13 Å². The Kier molecular flexibility index (Phi) is 6.97. The van der Waals surface area contributed by atoms with E-state index in [9.17, 15) is 0 Å². The molecule has 2 aromatic carbocycles. The summed E-state index contributed by atoms with van der Waals surface area (Å²) in [6.45, 7) is 0.536. The van der Waals surface area contributed by atoms with Crippen molar-refractivity contribution in [3.63, 3.8) is 0 Å². The van der Waals surface area contributed by atoms with Crippen molar-refractivity contribution in [2.75, 3.05) is 12.4 Å². The summed E-state index contributed by atoms with van der Waals surface area (Å²) in [5.74, 6) is 1.16. The van der Waals surface area contributed by atoms with Crippen LogP contribution in [0.15, 0.2) is 65.0 Å². The van der Waals surface area contributed by atoms with Gasteiger partial charge in [0.15, 0.2) is 11.1 Å². The number of nitrogens with two attached hydrogens (primary N) is 1. The largest absolute Gasteiger partial charge is 0.497 e. The number of guanidine groups is 1. The molecule has 0 bridgehead atoms. The number of anilines is 1. The van der Waals surface area contributed by atoms with Crippen molar-refractivity contribution in [1.82, 2.24) is 4.98 Å². The lowest BCUT2D eigenvalue weighted by molar-refractivity contribution is 0.415. The normalized spacial score (nSPS) is 10.8. The number of aliphatic imine (C=N–C) groups is 1. The van der Waals surface area contributed by atoms with E-state index >= 15 is 0 Å². The van der Waals surface area contributed by atoms with Crippen LogP contribution < -0.4 is 15.8 Å². The topological polar surface area (TPSA) is 72.5 Å². The Morgan fingerprint density at radius 2 is 2.00 bits per heavy atom. The van der Waals surface area contributed by atoms with Crippen molar-refractivity contribution in [3.05, 3.63) is 65.5 Å². The molecular weight excluding hydrogens is 400 g/mol. The number of hydrogen-bond donors (Lipinski definition) is 2. The summed E-state index contributed by atoms with van der Waals surface area (Å²) in [6.07, 6.45) is 0. The zero-order valence-electron chi connectivity index (χ0n) is 13.7. The van der Waals surface area contributed by atoms with E-state index in [1.54, 1.807) is 7.11 Å². The van der Waals surface area contributed by atoms with Gasteiger partial charge in [-0.25, -0.2) is 9.98 Å². The lowest BCUT2D eigenvalue weighted by Gasteiger charge is -2.03. The van der Waals surface area contributed by atoms with Gasteiger partial charge in [0, 0.05) is 10.9 Å². The molecule has 0 spiro atoms. The summed E-state index contributed by atoms with van der Waals surface area (Å²) in [7, 11) is 1.65. The minimum absolute atomic E-state index is 0. The Labute approximate surface area is 161 Å². The fraction of sp³-hybridized carbons (Fsp3) is 0.111. The molecule has 3 aromatic rings. The zero-order valence-corrected chi connectivity index (χ0v) is 16.2. The molecule has 0 saturated carbocycles. The van der Waals surface area contributed by atoms with E-state index in [-0.39, 0.29) is 17.0 Å². The lowest BCUT2D eigenvalue weighted by Crippen LogP contribution is -2.22. The van der Waals surface area contributed by atoms with Crippen molar-refractivity contribution in [2.24, 2.45) is 10.7 Å². The Bertz CT molecular complexity index is 836. The Morgan fingerprint density at radius 3 is 2.76 bits per heavy atom. The van der Waals surface area contributed by atoms with E-state index in [1.165, 1.54) is 11.3 Å². The molecule has 130 valence electrons. The third kappa shape index (κ3) is 5.30. The van der Waals surface area contributed by atoms with Crippen LogP contribution in [-0.2, 0) is 6.54 Å². The first-order valence-corrected chi connectivity index (χ1v) is 8.33.